The third kappa shape index (κ3) is 4.13. The van der Waals surface area contributed by atoms with Crippen LogP contribution in [-0.4, -0.2) is 16.8 Å². The number of aromatic nitrogens is 1. The molecule has 0 aliphatic carbocycles. The zero-order valence-electron chi connectivity index (χ0n) is 11.6. The Kier molecular flexibility index (Phi) is 4.70. The second-order valence-corrected chi connectivity index (χ2v) is 5.41. The van der Waals surface area contributed by atoms with Crippen LogP contribution in [0.1, 0.15) is 11.3 Å². The lowest BCUT2D eigenvalue weighted by Gasteiger charge is -2.08. The zero-order chi connectivity index (χ0) is 15.4. The number of amides is 2. The molecule has 0 aliphatic rings. The first-order chi connectivity index (χ1) is 9.95. The second kappa shape index (κ2) is 6.49. The Balaban J connectivity index is 2.04. The number of halogens is 1. The Morgan fingerprint density at radius 2 is 1.76 bits per heavy atom. The van der Waals surface area contributed by atoms with Gasteiger partial charge in [-0.1, -0.05) is 12.1 Å². The number of benzene rings is 1. The molecule has 0 saturated carbocycles. The molecule has 2 N–H and O–H groups in total. The summed E-state index contributed by atoms with van der Waals surface area (Å²) in [6, 6.07) is 10.6. The van der Waals surface area contributed by atoms with E-state index in [4.69, 9.17) is 0 Å². The number of carbonyl (C=O) groups is 2. The fourth-order valence-corrected chi connectivity index (χ4v) is 2.28. The van der Waals surface area contributed by atoms with Gasteiger partial charge in [-0.25, -0.2) is 4.98 Å². The van der Waals surface area contributed by atoms with Crippen LogP contribution in [0, 0.1) is 13.8 Å². The van der Waals surface area contributed by atoms with E-state index in [-0.39, 0.29) is 0 Å². The van der Waals surface area contributed by atoms with Gasteiger partial charge in [-0.05, 0) is 59.6 Å². The smallest absolute Gasteiger partial charge is 0.315 e. The van der Waals surface area contributed by atoms with Crippen molar-refractivity contribution in [2.75, 3.05) is 10.6 Å². The van der Waals surface area contributed by atoms with Gasteiger partial charge in [-0.3, -0.25) is 9.59 Å². The highest BCUT2D eigenvalue weighted by Gasteiger charge is 2.15. The topological polar surface area (TPSA) is 71.1 Å². The number of hydrogen-bond donors (Lipinski definition) is 2. The average Bonchev–Trinajstić information content (AvgIpc) is 2.41. The quantitative estimate of drug-likeness (QED) is 0.820. The van der Waals surface area contributed by atoms with Crippen molar-refractivity contribution in [1.82, 2.24) is 4.98 Å². The summed E-state index contributed by atoms with van der Waals surface area (Å²) in [6.45, 7) is 3.74. The number of carbonyl (C=O) groups excluding carboxylic acids is 2. The van der Waals surface area contributed by atoms with Gasteiger partial charge < -0.3 is 10.6 Å². The molecule has 0 radical (unpaired) electrons. The first kappa shape index (κ1) is 15.2. The van der Waals surface area contributed by atoms with E-state index in [0.717, 1.165) is 15.7 Å². The molecular weight excluding hydrogens is 334 g/mol. The summed E-state index contributed by atoms with van der Waals surface area (Å²) < 4.78 is 0.720. The van der Waals surface area contributed by atoms with Gasteiger partial charge in [0, 0.05) is 10.2 Å². The zero-order valence-corrected chi connectivity index (χ0v) is 13.2. The number of pyridine rings is 1. The molecule has 0 atom stereocenters. The van der Waals surface area contributed by atoms with Crippen LogP contribution in [0.2, 0.25) is 0 Å². The van der Waals surface area contributed by atoms with E-state index >= 15 is 0 Å². The van der Waals surface area contributed by atoms with Gasteiger partial charge in [-0.2, -0.15) is 0 Å². The molecule has 2 amide bonds. The summed E-state index contributed by atoms with van der Waals surface area (Å²) in [7, 11) is 0. The highest BCUT2D eigenvalue weighted by atomic mass is 79.9. The molecule has 0 fully saturated rings. The van der Waals surface area contributed by atoms with E-state index in [1.54, 1.807) is 31.2 Å². The van der Waals surface area contributed by atoms with E-state index in [9.17, 15) is 9.59 Å². The molecule has 0 saturated heterocycles. The van der Waals surface area contributed by atoms with E-state index < -0.39 is 11.8 Å². The maximum Gasteiger partial charge on any atom is 0.315 e. The predicted octanol–water partition coefficient (Wildman–Crippen LogP) is 3.04. The highest BCUT2D eigenvalue weighted by molar-refractivity contribution is 9.10. The number of anilines is 2. The molecular formula is C15H14BrN3O2. The fourth-order valence-electron chi connectivity index (χ4n) is 1.69. The van der Waals surface area contributed by atoms with Gasteiger partial charge >= 0.3 is 11.8 Å². The first-order valence-corrected chi connectivity index (χ1v) is 7.07. The number of aryl methyl sites for hydroxylation is 2. The summed E-state index contributed by atoms with van der Waals surface area (Å²) in [5, 5.41) is 5.00. The van der Waals surface area contributed by atoms with Gasteiger partial charge in [-0.15, -0.1) is 0 Å². The van der Waals surface area contributed by atoms with Crippen molar-refractivity contribution in [3.8, 4) is 0 Å². The SMILES string of the molecule is Cc1ccc(NC(=O)C(=O)Nc2cccc(C)n2)c(Br)c1. The first-order valence-electron chi connectivity index (χ1n) is 6.28. The van der Waals surface area contributed by atoms with Gasteiger partial charge in [0.25, 0.3) is 0 Å². The minimum atomic E-state index is -0.763. The maximum absolute atomic E-state index is 11.9. The summed E-state index contributed by atoms with van der Waals surface area (Å²) >= 11 is 3.34. The monoisotopic (exact) mass is 347 g/mol. The summed E-state index contributed by atoms with van der Waals surface area (Å²) in [6.07, 6.45) is 0. The summed E-state index contributed by atoms with van der Waals surface area (Å²) in [4.78, 5) is 27.8. The van der Waals surface area contributed by atoms with Gasteiger partial charge in [0.15, 0.2) is 0 Å². The molecule has 1 aromatic heterocycles. The Labute approximate surface area is 130 Å². The lowest BCUT2D eigenvalue weighted by Crippen LogP contribution is -2.29. The van der Waals surface area contributed by atoms with Crippen molar-refractivity contribution in [2.24, 2.45) is 0 Å². The van der Waals surface area contributed by atoms with Crippen LogP contribution in [0.15, 0.2) is 40.9 Å². The Morgan fingerprint density at radius 1 is 1.05 bits per heavy atom. The largest absolute Gasteiger partial charge is 0.317 e. The molecule has 2 rings (SSSR count). The third-order valence-corrected chi connectivity index (χ3v) is 3.37. The van der Waals surface area contributed by atoms with Crippen LogP contribution in [0.25, 0.3) is 0 Å². The van der Waals surface area contributed by atoms with Crippen molar-refractivity contribution in [1.29, 1.82) is 0 Å². The van der Waals surface area contributed by atoms with Crippen LogP contribution in [0.3, 0.4) is 0 Å². The molecule has 1 aromatic carbocycles. The molecule has 6 heteroatoms. The van der Waals surface area contributed by atoms with Crippen molar-refractivity contribution in [3.05, 3.63) is 52.1 Å². The molecule has 0 aliphatic heterocycles. The van der Waals surface area contributed by atoms with Crippen LogP contribution in [0.5, 0.6) is 0 Å². The van der Waals surface area contributed by atoms with Crippen LogP contribution in [0.4, 0.5) is 11.5 Å². The molecule has 0 bridgehead atoms. The molecule has 21 heavy (non-hydrogen) atoms. The Hall–Kier alpha value is -2.21. The summed E-state index contributed by atoms with van der Waals surface area (Å²) in [5.74, 6) is -1.17. The maximum atomic E-state index is 11.9. The highest BCUT2D eigenvalue weighted by Crippen LogP contribution is 2.23. The van der Waals surface area contributed by atoms with E-state index in [2.05, 4.69) is 31.5 Å². The van der Waals surface area contributed by atoms with Crippen molar-refractivity contribution in [3.63, 3.8) is 0 Å². The number of rotatable bonds is 2. The number of nitrogens with zero attached hydrogens (tertiary/aromatic N) is 1. The van der Waals surface area contributed by atoms with Gasteiger partial charge in [0.2, 0.25) is 0 Å². The normalized spacial score (nSPS) is 10.0. The van der Waals surface area contributed by atoms with E-state index in [1.165, 1.54) is 0 Å². The Morgan fingerprint density at radius 3 is 2.43 bits per heavy atom. The minimum Gasteiger partial charge on any atom is -0.317 e. The summed E-state index contributed by atoms with van der Waals surface area (Å²) in [5.41, 5.74) is 2.35. The molecule has 0 unspecified atom stereocenters. The second-order valence-electron chi connectivity index (χ2n) is 4.56. The van der Waals surface area contributed by atoms with Crippen LogP contribution >= 0.6 is 15.9 Å². The minimum absolute atomic E-state index is 0.345. The van der Waals surface area contributed by atoms with E-state index in [1.807, 2.05) is 19.1 Å². The molecule has 1 heterocycles. The van der Waals surface area contributed by atoms with E-state index in [0.29, 0.717) is 11.5 Å². The van der Waals surface area contributed by atoms with Crippen molar-refractivity contribution in [2.45, 2.75) is 13.8 Å². The molecule has 2 aromatic rings. The molecule has 0 spiro atoms. The number of nitrogens with one attached hydrogen (secondary N) is 2. The van der Waals surface area contributed by atoms with Crippen LogP contribution in [-0.2, 0) is 9.59 Å². The van der Waals surface area contributed by atoms with Crippen LogP contribution < -0.4 is 10.6 Å². The van der Waals surface area contributed by atoms with Gasteiger partial charge in [0.05, 0.1) is 5.69 Å². The lowest BCUT2D eigenvalue weighted by molar-refractivity contribution is -0.133. The van der Waals surface area contributed by atoms with Crippen molar-refractivity contribution < 1.29 is 9.59 Å². The fraction of sp³-hybridized carbons (Fsp3) is 0.133. The van der Waals surface area contributed by atoms with Gasteiger partial charge in [0.1, 0.15) is 5.82 Å². The number of hydrogen-bond acceptors (Lipinski definition) is 3. The predicted molar refractivity (Wildman–Crippen MR) is 85.1 cm³/mol. The average molecular weight is 348 g/mol. The molecule has 5 nitrogen and oxygen atoms in total. The standard InChI is InChI=1S/C15H14BrN3O2/c1-9-6-7-12(11(16)8-9)18-14(20)15(21)19-13-5-3-4-10(2)17-13/h3-8H,1-2H3,(H,18,20)(H,17,19,21). The third-order valence-electron chi connectivity index (χ3n) is 2.71. The lowest BCUT2D eigenvalue weighted by atomic mass is 10.2. The molecule has 108 valence electrons. The van der Waals surface area contributed by atoms with Crippen molar-refractivity contribution >= 4 is 39.2 Å². The Bertz CT molecular complexity index is 701.